The zero-order chi connectivity index (χ0) is 39.8. The number of benzene rings is 7. The summed E-state index contributed by atoms with van der Waals surface area (Å²) in [7, 11) is 0. The molecule has 3 nitrogen and oxygen atoms in total. The largest absolute Gasteiger partial charge is 0.264 e. The minimum Gasteiger partial charge on any atom is -0.264 e. The molecule has 2 aromatic heterocycles. The second-order valence-corrected chi connectivity index (χ2v) is 16.5. The fraction of sp³-hybridized carbons (Fsp3) is 0.0702. The highest BCUT2D eigenvalue weighted by Gasteiger charge is 2.63. The standard InChI is InChI=1S/C57H39N3/c1-56-31-9-8-22-49(56)48-20-5-7-24-51(48)57(56)50-23-6-4-19-46(50)47-30-29-42(34-52(47)57)55-59-53(35-54(60-55)41-16-10-15-40(33-41)43-17-12-32-58-36-43)39-27-25-38(26-28-39)45-21-11-14-37-13-2-3-18-44(37)45/h2-36,49H,1H3. The van der Waals surface area contributed by atoms with Crippen molar-refractivity contribution in [1.29, 1.82) is 0 Å². The van der Waals surface area contributed by atoms with Gasteiger partial charge in [-0.1, -0.05) is 183 Å². The van der Waals surface area contributed by atoms with Gasteiger partial charge < -0.3 is 0 Å². The third kappa shape index (κ3) is 4.99. The van der Waals surface area contributed by atoms with Gasteiger partial charge in [-0.2, -0.15) is 0 Å². The molecule has 0 N–H and O–H groups in total. The van der Waals surface area contributed by atoms with Crippen molar-refractivity contribution in [1.82, 2.24) is 15.0 Å². The second-order valence-electron chi connectivity index (χ2n) is 16.5. The van der Waals surface area contributed by atoms with Crippen LogP contribution in [-0.2, 0) is 5.41 Å². The minimum absolute atomic E-state index is 0.224. The van der Waals surface area contributed by atoms with Gasteiger partial charge in [0.2, 0.25) is 0 Å². The van der Waals surface area contributed by atoms with Crippen LogP contribution >= 0.6 is 0 Å². The number of hydrogen-bond donors (Lipinski definition) is 0. The van der Waals surface area contributed by atoms with E-state index in [1.165, 1.54) is 55.3 Å². The van der Waals surface area contributed by atoms with E-state index in [1.54, 1.807) is 0 Å². The van der Waals surface area contributed by atoms with Gasteiger partial charge in [0.1, 0.15) is 0 Å². The molecule has 0 aliphatic heterocycles. The lowest BCUT2D eigenvalue weighted by molar-refractivity contribution is 0.294. The molecule has 0 radical (unpaired) electrons. The van der Waals surface area contributed by atoms with E-state index in [1.807, 2.05) is 18.5 Å². The molecule has 7 aromatic carbocycles. The number of allylic oxidation sites excluding steroid dienone is 4. The monoisotopic (exact) mass is 765 g/mol. The van der Waals surface area contributed by atoms with Gasteiger partial charge in [-0.15, -0.1) is 0 Å². The third-order valence-electron chi connectivity index (χ3n) is 13.5. The molecule has 2 heterocycles. The molecule has 1 spiro atoms. The van der Waals surface area contributed by atoms with E-state index in [0.29, 0.717) is 5.82 Å². The van der Waals surface area contributed by atoms with Gasteiger partial charge in [0.15, 0.2) is 5.82 Å². The average molecular weight is 766 g/mol. The summed E-state index contributed by atoms with van der Waals surface area (Å²) in [5, 5.41) is 2.48. The van der Waals surface area contributed by atoms with Gasteiger partial charge in [0, 0.05) is 46.0 Å². The number of hydrogen-bond acceptors (Lipinski definition) is 3. The summed E-state index contributed by atoms with van der Waals surface area (Å²) in [5.74, 6) is 0.949. The highest BCUT2D eigenvalue weighted by atomic mass is 14.9. The molecule has 12 rings (SSSR count). The maximum absolute atomic E-state index is 5.42. The molecule has 9 aromatic rings. The smallest absolute Gasteiger partial charge is 0.160 e. The first kappa shape index (κ1) is 34.5. The lowest BCUT2D eigenvalue weighted by Gasteiger charge is -2.45. The van der Waals surface area contributed by atoms with Crippen LogP contribution < -0.4 is 0 Å². The molecule has 0 fully saturated rings. The van der Waals surface area contributed by atoms with Crippen molar-refractivity contribution in [2.45, 2.75) is 18.3 Å². The molecule has 0 saturated carbocycles. The molecule has 3 aliphatic carbocycles. The average Bonchev–Trinajstić information content (AvgIpc) is 3.75. The summed E-state index contributed by atoms with van der Waals surface area (Å²) in [4.78, 5) is 15.2. The van der Waals surface area contributed by atoms with Crippen molar-refractivity contribution in [2.75, 3.05) is 0 Å². The topological polar surface area (TPSA) is 38.7 Å². The Kier molecular flexibility index (Phi) is 7.64. The quantitative estimate of drug-likeness (QED) is 0.175. The molecule has 0 amide bonds. The molecule has 3 aliphatic rings. The Bertz CT molecular complexity index is 3230. The third-order valence-corrected chi connectivity index (χ3v) is 13.5. The van der Waals surface area contributed by atoms with Crippen molar-refractivity contribution in [3.8, 4) is 67.3 Å². The normalized spacial score (nSPS) is 19.2. The van der Waals surface area contributed by atoms with Crippen LogP contribution in [0.4, 0.5) is 0 Å². The zero-order valence-corrected chi connectivity index (χ0v) is 33.1. The number of rotatable bonds is 5. The Morgan fingerprint density at radius 3 is 2.03 bits per heavy atom. The van der Waals surface area contributed by atoms with Crippen LogP contribution in [0.5, 0.6) is 0 Å². The Labute approximate surface area is 350 Å². The molecular formula is C57H39N3. The van der Waals surface area contributed by atoms with E-state index < -0.39 is 5.41 Å². The minimum atomic E-state index is -0.395. The summed E-state index contributed by atoms with van der Waals surface area (Å²) in [5.41, 5.74) is 16.8. The van der Waals surface area contributed by atoms with Crippen LogP contribution in [0.1, 0.15) is 35.1 Å². The van der Waals surface area contributed by atoms with E-state index in [0.717, 1.165) is 39.2 Å². The zero-order valence-electron chi connectivity index (χ0n) is 33.1. The molecule has 3 heteroatoms. The van der Waals surface area contributed by atoms with Crippen LogP contribution in [0.25, 0.3) is 78.1 Å². The van der Waals surface area contributed by atoms with Gasteiger partial charge in [0.25, 0.3) is 0 Å². The molecule has 282 valence electrons. The molecule has 3 unspecified atom stereocenters. The van der Waals surface area contributed by atoms with Crippen molar-refractivity contribution in [3.05, 3.63) is 235 Å². The maximum Gasteiger partial charge on any atom is 0.160 e. The summed E-state index contributed by atoms with van der Waals surface area (Å²) >= 11 is 0. The Morgan fingerprint density at radius 1 is 0.467 bits per heavy atom. The molecule has 0 saturated heterocycles. The van der Waals surface area contributed by atoms with Gasteiger partial charge in [-0.3, -0.25) is 4.98 Å². The Balaban J connectivity index is 1.05. The van der Waals surface area contributed by atoms with E-state index in [2.05, 4.69) is 206 Å². The Hall–Kier alpha value is -7.49. The van der Waals surface area contributed by atoms with Crippen molar-refractivity contribution in [3.63, 3.8) is 0 Å². The predicted octanol–water partition coefficient (Wildman–Crippen LogP) is 13.9. The lowest BCUT2D eigenvalue weighted by atomic mass is 9.56. The summed E-state index contributed by atoms with van der Waals surface area (Å²) in [6.07, 6.45) is 13.1. The van der Waals surface area contributed by atoms with E-state index in [4.69, 9.17) is 9.97 Å². The highest BCUT2D eigenvalue weighted by molar-refractivity contribution is 5.97. The van der Waals surface area contributed by atoms with Crippen molar-refractivity contribution < 1.29 is 0 Å². The summed E-state index contributed by atoms with van der Waals surface area (Å²) in [6.45, 7) is 2.46. The number of aromatic nitrogens is 3. The van der Waals surface area contributed by atoms with Gasteiger partial charge >= 0.3 is 0 Å². The molecular weight excluding hydrogens is 727 g/mol. The first-order valence-corrected chi connectivity index (χ1v) is 20.8. The van der Waals surface area contributed by atoms with Gasteiger partial charge in [-0.05, 0) is 85.1 Å². The van der Waals surface area contributed by atoms with E-state index in [9.17, 15) is 0 Å². The van der Waals surface area contributed by atoms with Crippen molar-refractivity contribution >= 4 is 10.8 Å². The molecule has 3 atom stereocenters. The van der Waals surface area contributed by atoms with Crippen LogP contribution in [-0.4, -0.2) is 15.0 Å². The number of nitrogens with zero attached hydrogens (tertiary/aromatic N) is 3. The van der Waals surface area contributed by atoms with Crippen LogP contribution in [0, 0.1) is 5.41 Å². The summed E-state index contributed by atoms with van der Waals surface area (Å²) in [6, 6.07) is 63.9. The van der Waals surface area contributed by atoms with Crippen LogP contribution in [0.15, 0.2) is 213 Å². The first-order chi connectivity index (χ1) is 29.6. The molecule has 0 bridgehead atoms. The molecule has 60 heavy (non-hydrogen) atoms. The number of fused-ring (bicyclic) bond motifs is 11. The van der Waals surface area contributed by atoms with Crippen molar-refractivity contribution in [2.24, 2.45) is 5.41 Å². The van der Waals surface area contributed by atoms with E-state index >= 15 is 0 Å². The summed E-state index contributed by atoms with van der Waals surface area (Å²) < 4.78 is 0. The van der Waals surface area contributed by atoms with Crippen LogP contribution in [0.3, 0.4) is 0 Å². The first-order valence-electron chi connectivity index (χ1n) is 20.8. The van der Waals surface area contributed by atoms with Gasteiger partial charge in [-0.25, -0.2) is 9.97 Å². The maximum atomic E-state index is 5.42. The number of pyridine rings is 1. The van der Waals surface area contributed by atoms with Crippen LogP contribution in [0.2, 0.25) is 0 Å². The fourth-order valence-corrected chi connectivity index (χ4v) is 10.8. The van der Waals surface area contributed by atoms with E-state index in [-0.39, 0.29) is 11.3 Å². The Morgan fingerprint density at radius 2 is 1.15 bits per heavy atom. The lowest BCUT2D eigenvalue weighted by Crippen LogP contribution is -2.42. The SMILES string of the molecule is CC12C=CC=CC1c1ccccc1C21c2ccccc2-c2ccc(-c3nc(-c4ccc(-c5cccc6ccccc56)cc4)cc(-c4cccc(-c5cccnc5)c4)n3)cc21. The highest BCUT2D eigenvalue weighted by Crippen LogP contribution is 2.71. The van der Waals surface area contributed by atoms with Gasteiger partial charge in [0.05, 0.1) is 16.8 Å². The predicted molar refractivity (Wildman–Crippen MR) is 245 cm³/mol. The second kappa shape index (κ2) is 13.3. The fourth-order valence-electron chi connectivity index (χ4n) is 10.8.